The zero-order chi connectivity index (χ0) is 16.7. The Bertz CT molecular complexity index is 757. The van der Waals surface area contributed by atoms with Crippen LogP contribution in [0.4, 0.5) is 0 Å². The van der Waals surface area contributed by atoms with Crippen LogP contribution in [0.2, 0.25) is 0 Å². The molecule has 0 bridgehead atoms. The second kappa shape index (κ2) is 7.77. The minimum absolute atomic E-state index is 0.0818. The molecular weight excluding hydrogens is 288 g/mol. The highest BCUT2D eigenvalue weighted by atomic mass is 16.5. The van der Waals surface area contributed by atoms with E-state index in [0.29, 0.717) is 11.1 Å². The van der Waals surface area contributed by atoms with Crippen LogP contribution in [0.5, 0.6) is 0 Å². The van der Waals surface area contributed by atoms with Gasteiger partial charge in [0.05, 0.1) is 37.2 Å². The molecular formula is C19H16N2O2. The summed E-state index contributed by atoms with van der Waals surface area (Å²) in [5, 5.41) is 19.0. The predicted molar refractivity (Wildman–Crippen MR) is 85.3 cm³/mol. The van der Waals surface area contributed by atoms with Crippen LogP contribution >= 0.6 is 0 Å². The Balaban J connectivity index is 2.50. The molecule has 0 aliphatic rings. The Hall–Kier alpha value is -3.11. The summed E-state index contributed by atoms with van der Waals surface area (Å²) in [4.78, 5) is 11.8. The zero-order valence-corrected chi connectivity index (χ0v) is 12.8. The SMILES string of the molecule is COC(=O)CC(c1ccccc1)C(C#N)c1ccccc1C#N. The minimum Gasteiger partial charge on any atom is -0.469 e. The van der Waals surface area contributed by atoms with Crippen LogP contribution in [0, 0.1) is 22.7 Å². The van der Waals surface area contributed by atoms with Gasteiger partial charge in [-0.1, -0.05) is 48.5 Å². The number of hydrogen-bond donors (Lipinski definition) is 0. The minimum atomic E-state index is -0.604. The molecule has 0 aliphatic heterocycles. The first-order chi connectivity index (χ1) is 11.2. The highest BCUT2D eigenvalue weighted by Crippen LogP contribution is 2.36. The van der Waals surface area contributed by atoms with Crippen molar-refractivity contribution in [3.8, 4) is 12.1 Å². The normalized spacial score (nSPS) is 12.5. The first kappa shape index (κ1) is 16.3. The van der Waals surface area contributed by atoms with Gasteiger partial charge in [-0.2, -0.15) is 10.5 Å². The molecule has 2 unspecified atom stereocenters. The van der Waals surface area contributed by atoms with E-state index in [1.54, 1.807) is 24.3 Å². The maximum atomic E-state index is 11.8. The largest absolute Gasteiger partial charge is 0.469 e. The number of carbonyl (C=O) groups excluding carboxylic acids is 1. The lowest BCUT2D eigenvalue weighted by molar-refractivity contribution is -0.141. The molecule has 0 aromatic heterocycles. The average molecular weight is 304 g/mol. The van der Waals surface area contributed by atoms with Crippen molar-refractivity contribution in [2.45, 2.75) is 18.3 Å². The summed E-state index contributed by atoms with van der Waals surface area (Å²) in [5.41, 5.74) is 1.96. The van der Waals surface area contributed by atoms with Gasteiger partial charge in [0, 0.05) is 5.92 Å². The van der Waals surface area contributed by atoms with E-state index in [1.165, 1.54) is 7.11 Å². The van der Waals surface area contributed by atoms with Crippen LogP contribution in [0.25, 0.3) is 0 Å². The topological polar surface area (TPSA) is 73.9 Å². The van der Waals surface area contributed by atoms with Crippen molar-refractivity contribution in [2.75, 3.05) is 7.11 Å². The van der Waals surface area contributed by atoms with Gasteiger partial charge in [-0.15, -0.1) is 0 Å². The molecule has 0 amide bonds. The van der Waals surface area contributed by atoms with Gasteiger partial charge in [0.25, 0.3) is 0 Å². The molecule has 0 aliphatic carbocycles. The summed E-state index contributed by atoms with van der Waals surface area (Å²) in [5.74, 6) is -1.36. The van der Waals surface area contributed by atoms with Gasteiger partial charge >= 0.3 is 5.97 Å². The molecule has 2 rings (SSSR count). The van der Waals surface area contributed by atoms with Crippen molar-refractivity contribution in [2.24, 2.45) is 0 Å². The van der Waals surface area contributed by atoms with Crippen molar-refractivity contribution in [3.63, 3.8) is 0 Å². The Morgan fingerprint density at radius 1 is 1.09 bits per heavy atom. The third-order valence-corrected chi connectivity index (χ3v) is 3.80. The lowest BCUT2D eigenvalue weighted by Crippen LogP contribution is -2.16. The fourth-order valence-corrected chi connectivity index (χ4v) is 2.64. The van der Waals surface area contributed by atoms with E-state index in [4.69, 9.17) is 4.74 Å². The maximum Gasteiger partial charge on any atom is 0.306 e. The van der Waals surface area contributed by atoms with E-state index in [2.05, 4.69) is 12.1 Å². The van der Waals surface area contributed by atoms with Crippen LogP contribution < -0.4 is 0 Å². The summed E-state index contributed by atoms with van der Waals surface area (Å²) < 4.78 is 4.78. The van der Waals surface area contributed by atoms with E-state index in [-0.39, 0.29) is 18.3 Å². The number of esters is 1. The summed E-state index contributed by atoms with van der Waals surface area (Å²) >= 11 is 0. The first-order valence-electron chi connectivity index (χ1n) is 7.21. The monoisotopic (exact) mass is 304 g/mol. The fourth-order valence-electron chi connectivity index (χ4n) is 2.64. The van der Waals surface area contributed by atoms with Crippen LogP contribution in [-0.4, -0.2) is 13.1 Å². The predicted octanol–water partition coefficient (Wildman–Crippen LogP) is 3.51. The molecule has 4 nitrogen and oxygen atoms in total. The Kier molecular flexibility index (Phi) is 5.50. The van der Waals surface area contributed by atoms with E-state index < -0.39 is 5.92 Å². The van der Waals surface area contributed by atoms with E-state index in [1.807, 2.05) is 30.3 Å². The molecule has 2 aromatic rings. The number of hydrogen-bond acceptors (Lipinski definition) is 4. The third-order valence-electron chi connectivity index (χ3n) is 3.80. The van der Waals surface area contributed by atoms with Gasteiger partial charge in [0.15, 0.2) is 0 Å². The standard InChI is InChI=1S/C19H16N2O2/c1-23-19(22)11-17(14-7-3-2-4-8-14)18(13-21)16-10-6-5-9-15(16)12-20/h2-10,17-18H,11H2,1H3. The van der Waals surface area contributed by atoms with E-state index >= 15 is 0 Å². The van der Waals surface area contributed by atoms with E-state index in [0.717, 1.165) is 5.56 Å². The molecule has 23 heavy (non-hydrogen) atoms. The molecule has 0 radical (unpaired) electrons. The molecule has 114 valence electrons. The molecule has 0 saturated heterocycles. The van der Waals surface area contributed by atoms with Crippen molar-refractivity contribution < 1.29 is 9.53 Å². The lowest BCUT2D eigenvalue weighted by Gasteiger charge is -2.22. The summed E-state index contributed by atoms with van der Waals surface area (Å²) in [7, 11) is 1.33. The number of nitrogens with zero attached hydrogens (tertiary/aromatic N) is 2. The molecule has 0 saturated carbocycles. The second-order valence-corrected chi connectivity index (χ2v) is 5.10. The summed E-state index contributed by atoms with van der Waals surface area (Å²) in [6.07, 6.45) is 0.0818. The maximum absolute atomic E-state index is 11.8. The van der Waals surface area contributed by atoms with Crippen LogP contribution in [0.1, 0.15) is 34.9 Å². The molecule has 0 heterocycles. The number of nitriles is 2. The van der Waals surface area contributed by atoms with Gasteiger partial charge in [-0.05, 0) is 17.2 Å². The molecule has 2 atom stereocenters. The molecule has 0 fully saturated rings. The van der Waals surface area contributed by atoms with Crippen molar-refractivity contribution in [1.82, 2.24) is 0 Å². The number of rotatable bonds is 5. The fraction of sp³-hybridized carbons (Fsp3) is 0.211. The third kappa shape index (κ3) is 3.75. The highest BCUT2D eigenvalue weighted by Gasteiger charge is 2.29. The quantitative estimate of drug-likeness (QED) is 0.792. The average Bonchev–Trinajstić information content (AvgIpc) is 2.62. The Morgan fingerprint density at radius 3 is 2.35 bits per heavy atom. The van der Waals surface area contributed by atoms with Crippen LogP contribution in [-0.2, 0) is 9.53 Å². The van der Waals surface area contributed by atoms with Crippen molar-refractivity contribution in [3.05, 3.63) is 71.3 Å². The van der Waals surface area contributed by atoms with Gasteiger partial charge in [0.1, 0.15) is 0 Å². The molecule has 2 aromatic carbocycles. The van der Waals surface area contributed by atoms with Gasteiger partial charge in [-0.25, -0.2) is 0 Å². The van der Waals surface area contributed by atoms with Gasteiger partial charge in [-0.3, -0.25) is 4.79 Å². The number of benzene rings is 2. The van der Waals surface area contributed by atoms with Gasteiger partial charge < -0.3 is 4.74 Å². The Morgan fingerprint density at radius 2 is 1.74 bits per heavy atom. The Labute approximate surface area is 135 Å². The van der Waals surface area contributed by atoms with Crippen molar-refractivity contribution >= 4 is 5.97 Å². The van der Waals surface area contributed by atoms with Crippen molar-refractivity contribution in [1.29, 1.82) is 10.5 Å². The second-order valence-electron chi connectivity index (χ2n) is 5.10. The van der Waals surface area contributed by atoms with Gasteiger partial charge in [0.2, 0.25) is 0 Å². The number of methoxy groups -OCH3 is 1. The number of ether oxygens (including phenoxy) is 1. The highest BCUT2D eigenvalue weighted by molar-refractivity contribution is 5.71. The number of carbonyl (C=O) groups is 1. The summed E-state index contributed by atoms with van der Waals surface area (Å²) in [6.45, 7) is 0. The summed E-state index contributed by atoms with van der Waals surface area (Å²) in [6, 6.07) is 20.7. The van der Waals surface area contributed by atoms with E-state index in [9.17, 15) is 15.3 Å². The molecule has 0 N–H and O–H groups in total. The molecule has 0 spiro atoms. The smallest absolute Gasteiger partial charge is 0.306 e. The van der Waals surface area contributed by atoms with Crippen LogP contribution in [0.15, 0.2) is 54.6 Å². The lowest BCUT2D eigenvalue weighted by atomic mass is 9.79. The zero-order valence-electron chi connectivity index (χ0n) is 12.8. The van der Waals surface area contributed by atoms with Crippen LogP contribution in [0.3, 0.4) is 0 Å². The molecule has 4 heteroatoms. The first-order valence-corrected chi connectivity index (χ1v) is 7.21.